The first-order chi connectivity index (χ1) is 16.3. The van der Waals surface area contributed by atoms with Crippen LogP contribution in [0.5, 0.6) is 0 Å². The highest BCUT2D eigenvalue weighted by Crippen LogP contribution is 2.28. The Morgan fingerprint density at radius 3 is 2.12 bits per heavy atom. The molecule has 2 aromatic carbocycles. The van der Waals surface area contributed by atoms with Crippen LogP contribution in [-0.4, -0.2) is 4.98 Å². The number of nitrogen functional groups attached to an aromatic ring is 1. The molecule has 1 atom stereocenters. The molecule has 3 aromatic rings. The summed E-state index contributed by atoms with van der Waals surface area (Å²) in [7, 11) is 0. The standard InChI is InChI=1S/C28H35N3.C3H6/c1-19(2)18-27(21(5)20(3)4)31-28(23-10-7-6-8-11-23)26-13-9-12-25(30-26)22-14-16-24(29)17-15-22;1-3-2/h6-17,19-20,28,31H,18,29H2,1-5H3;3H,1H2,2H3/b27-21-;. The van der Waals surface area contributed by atoms with E-state index in [1.807, 2.05) is 31.2 Å². The Morgan fingerprint density at radius 2 is 1.56 bits per heavy atom. The van der Waals surface area contributed by atoms with Crippen LogP contribution in [-0.2, 0) is 0 Å². The predicted octanol–water partition coefficient (Wildman–Crippen LogP) is 8.18. The summed E-state index contributed by atoms with van der Waals surface area (Å²) in [6.07, 6.45) is 2.77. The van der Waals surface area contributed by atoms with Gasteiger partial charge in [-0.25, -0.2) is 0 Å². The van der Waals surface area contributed by atoms with Gasteiger partial charge in [0.25, 0.3) is 0 Å². The third-order valence-corrected chi connectivity index (χ3v) is 5.68. The monoisotopic (exact) mass is 455 g/mol. The molecule has 0 spiro atoms. The summed E-state index contributed by atoms with van der Waals surface area (Å²) >= 11 is 0. The van der Waals surface area contributed by atoms with Crippen LogP contribution in [0.15, 0.2) is 96.7 Å². The minimum absolute atomic E-state index is 0.0163. The van der Waals surface area contributed by atoms with Crippen molar-refractivity contribution >= 4 is 5.69 Å². The zero-order valence-electron chi connectivity index (χ0n) is 21.7. The van der Waals surface area contributed by atoms with Crippen LogP contribution in [0.1, 0.15) is 65.3 Å². The number of hydrogen-bond donors (Lipinski definition) is 2. The summed E-state index contributed by atoms with van der Waals surface area (Å²) in [6, 6.07) is 24.7. The van der Waals surface area contributed by atoms with Crippen LogP contribution in [0.3, 0.4) is 0 Å². The fourth-order valence-corrected chi connectivity index (χ4v) is 3.67. The van der Waals surface area contributed by atoms with Crippen molar-refractivity contribution in [3.05, 3.63) is 108 Å². The zero-order chi connectivity index (χ0) is 25.1. The van der Waals surface area contributed by atoms with Crippen molar-refractivity contribution in [1.82, 2.24) is 10.3 Å². The fourth-order valence-electron chi connectivity index (χ4n) is 3.67. The number of pyridine rings is 1. The molecule has 3 rings (SSSR count). The quantitative estimate of drug-likeness (QED) is 0.266. The van der Waals surface area contributed by atoms with Crippen molar-refractivity contribution in [2.75, 3.05) is 5.73 Å². The first-order valence-electron chi connectivity index (χ1n) is 12.2. The molecule has 34 heavy (non-hydrogen) atoms. The van der Waals surface area contributed by atoms with E-state index in [4.69, 9.17) is 10.7 Å². The van der Waals surface area contributed by atoms with Crippen molar-refractivity contribution < 1.29 is 0 Å². The average Bonchev–Trinajstić information content (AvgIpc) is 2.82. The highest BCUT2D eigenvalue weighted by Gasteiger charge is 2.19. The molecule has 0 aliphatic carbocycles. The number of aromatic nitrogens is 1. The molecule has 1 heterocycles. The van der Waals surface area contributed by atoms with E-state index in [9.17, 15) is 0 Å². The molecule has 0 saturated carbocycles. The van der Waals surface area contributed by atoms with Crippen molar-refractivity contribution in [3.8, 4) is 11.3 Å². The van der Waals surface area contributed by atoms with Gasteiger partial charge in [-0.3, -0.25) is 4.98 Å². The SMILES string of the molecule is C/C(=C(\CC(C)C)NC(c1ccccc1)c1cccc(-c2ccc(N)cc2)n1)C(C)C.C=CC. The largest absolute Gasteiger partial charge is 0.399 e. The third kappa shape index (κ3) is 7.91. The van der Waals surface area contributed by atoms with Gasteiger partial charge in [-0.1, -0.05) is 87.9 Å². The van der Waals surface area contributed by atoms with Gasteiger partial charge >= 0.3 is 0 Å². The average molecular weight is 456 g/mol. The fraction of sp³-hybridized carbons (Fsp3) is 0.323. The van der Waals surface area contributed by atoms with Gasteiger partial charge in [-0.05, 0) is 61.9 Å². The maximum absolute atomic E-state index is 5.87. The minimum Gasteiger partial charge on any atom is -0.399 e. The second-order valence-corrected chi connectivity index (χ2v) is 9.38. The van der Waals surface area contributed by atoms with Gasteiger partial charge in [-0.2, -0.15) is 0 Å². The lowest BCUT2D eigenvalue weighted by atomic mass is 9.95. The van der Waals surface area contributed by atoms with E-state index in [2.05, 4.69) is 95.0 Å². The minimum atomic E-state index is -0.0163. The summed E-state index contributed by atoms with van der Waals surface area (Å²) < 4.78 is 0. The Bertz CT molecular complexity index is 1050. The first kappa shape index (κ1) is 26.9. The topological polar surface area (TPSA) is 50.9 Å². The smallest absolute Gasteiger partial charge is 0.0937 e. The van der Waals surface area contributed by atoms with Gasteiger partial charge in [0.1, 0.15) is 0 Å². The zero-order valence-corrected chi connectivity index (χ0v) is 21.7. The van der Waals surface area contributed by atoms with E-state index >= 15 is 0 Å². The van der Waals surface area contributed by atoms with Gasteiger partial charge in [0, 0.05) is 16.9 Å². The lowest BCUT2D eigenvalue weighted by Crippen LogP contribution is -2.25. The Labute approximate surface area is 206 Å². The van der Waals surface area contributed by atoms with Crippen LogP contribution in [0, 0.1) is 11.8 Å². The predicted molar refractivity (Wildman–Crippen MR) is 148 cm³/mol. The molecule has 1 aromatic heterocycles. The van der Waals surface area contributed by atoms with Crippen LogP contribution in [0.25, 0.3) is 11.3 Å². The van der Waals surface area contributed by atoms with Gasteiger partial charge in [0.2, 0.25) is 0 Å². The summed E-state index contributed by atoms with van der Waals surface area (Å²) in [5.74, 6) is 1.06. The Kier molecular flexibility index (Phi) is 10.6. The molecule has 3 nitrogen and oxygen atoms in total. The molecular weight excluding hydrogens is 414 g/mol. The van der Waals surface area contributed by atoms with E-state index < -0.39 is 0 Å². The highest BCUT2D eigenvalue weighted by molar-refractivity contribution is 5.62. The van der Waals surface area contributed by atoms with E-state index in [1.165, 1.54) is 16.8 Å². The molecule has 0 aliphatic rings. The van der Waals surface area contributed by atoms with Gasteiger partial charge in [0.15, 0.2) is 0 Å². The van der Waals surface area contributed by atoms with Crippen molar-refractivity contribution in [3.63, 3.8) is 0 Å². The van der Waals surface area contributed by atoms with E-state index in [-0.39, 0.29) is 6.04 Å². The molecule has 0 fully saturated rings. The van der Waals surface area contributed by atoms with Gasteiger partial charge in [-0.15, -0.1) is 6.58 Å². The van der Waals surface area contributed by atoms with Crippen molar-refractivity contribution in [2.24, 2.45) is 11.8 Å². The van der Waals surface area contributed by atoms with E-state index in [0.717, 1.165) is 29.1 Å². The van der Waals surface area contributed by atoms with Crippen LogP contribution in [0.2, 0.25) is 0 Å². The van der Waals surface area contributed by atoms with Crippen LogP contribution in [0.4, 0.5) is 5.69 Å². The lowest BCUT2D eigenvalue weighted by Gasteiger charge is -2.26. The number of rotatable bonds is 8. The molecule has 0 radical (unpaired) electrons. The number of benzene rings is 2. The third-order valence-electron chi connectivity index (χ3n) is 5.68. The molecule has 3 heteroatoms. The molecular formula is C31H41N3. The van der Waals surface area contributed by atoms with Crippen molar-refractivity contribution in [2.45, 2.75) is 54.0 Å². The number of nitrogens with two attached hydrogens (primary N) is 1. The van der Waals surface area contributed by atoms with Crippen molar-refractivity contribution in [1.29, 1.82) is 0 Å². The molecule has 3 N–H and O–H groups in total. The van der Waals surface area contributed by atoms with Crippen LogP contribution < -0.4 is 11.1 Å². The Hall–Kier alpha value is -3.33. The summed E-state index contributed by atoms with van der Waals surface area (Å²) in [4.78, 5) is 5.06. The van der Waals surface area contributed by atoms with Crippen LogP contribution >= 0.6 is 0 Å². The summed E-state index contributed by atoms with van der Waals surface area (Å²) in [5, 5.41) is 3.88. The number of nitrogens with zero attached hydrogens (tertiary/aromatic N) is 1. The number of hydrogen-bond acceptors (Lipinski definition) is 3. The molecule has 0 aliphatic heterocycles. The first-order valence-corrected chi connectivity index (χ1v) is 12.2. The summed E-state index contributed by atoms with van der Waals surface area (Å²) in [5.41, 5.74) is 13.6. The second-order valence-electron chi connectivity index (χ2n) is 9.38. The maximum atomic E-state index is 5.87. The number of anilines is 1. The second kappa shape index (κ2) is 13.4. The van der Waals surface area contributed by atoms with Gasteiger partial charge < -0.3 is 11.1 Å². The molecule has 180 valence electrons. The summed E-state index contributed by atoms with van der Waals surface area (Å²) in [6.45, 7) is 16.6. The number of nitrogens with one attached hydrogen (secondary N) is 1. The van der Waals surface area contributed by atoms with E-state index in [1.54, 1.807) is 6.08 Å². The Morgan fingerprint density at radius 1 is 0.941 bits per heavy atom. The molecule has 1 unspecified atom stereocenters. The lowest BCUT2D eigenvalue weighted by molar-refractivity contribution is 0.552. The molecule has 0 amide bonds. The Balaban J connectivity index is 0.00000129. The van der Waals surface area contributed by atoms with E-state index in [0.29, 0.717) is 11.8 Å². The number of allylic oxidation sites excluding steroid dienone is 3. The maximum Gasteiger partial charge on any atom is 0.0937 e. The normalized spacial score (nSPS) is 12.5. The van der Waals surface area contributed by atoms with Gasteiger partial charge in [0.05, 0.1) is 17.4 Å². The molecule has 0 bridgehead atoms. The molecule has 0 saturated heterocycles. The highest BCUT2D eigenvalue weighted by atomic mass is 15.0.